The van der Waals surface area contributed by atoms with Gasteiger partial charge in [-0.25, -0.2) is 4.79 Å². The Morgan fingerprint density at radius 1 is 1.50 bits per heavy atom. The molecular weight excluding hydrogens is 236 g/mol. The average molecular weight is 252 g/mol. The number of carbonyl (C=O) groups excluding carboxylic acids is 1. The van der Waals surface area contributed by atoms with Crippen molar-refractivity contribution in [3.05, 3.63) is 29.3 Å². The highest BCUT2D eigenvalue weighted by Crippen LogP contribution is 2.27. The van der Waals surface area contributed by atoms with Crippen molar-refractivity contribution in [1.29, 1.82) is 0 Å². The maximum atomic E-state index is 10.8. The number of aliphatic carboxylic acids is 1. The number of hydrogen-bond donors (Lipinski definition) is 2. The molecular formula is C13H16O5. The summed E-state index contributed by atoms with van der Waals surface area (Å²) in [6.07, 6.45) is 0.173. The summed E-state index contributed by atoms with van der Waals surface area (Å²) in [6, 6.07) is 4.87. The van der Waals surface area contributed by atoms with Gasteiger partial charge in [0.1, 0.15) is 12.0 Å². The Hall–Kier alpha value is -1.88. The number of aliphatic hydroxyl groups excluding tert-OH is 1. The van der Waals surface area contributed by atoms with Crippen LogP contribution in [0.4, 0.5) is 0 Å². The molecule has 0 aliphatic carbocycles. The number of benzene rings is 1. The van der Waals surface area contributed by atoms with E-state index in [2.05, 4.69) is 0 Å². The van der Waals surface area contributed by atoms with Crippen LogP contribution in [-0.2, 0) is 16.0 Å². The summed E-state index contributed by atoms with van der Waals surface area (Å²) >= 11 is 0. The van der Waals surface area contributed by atoms with Gasteiger partial charge in [-0.2, -0.15) is 0 Å². The highest BCUT2D eigenvalue weighted by atomic mass is 16.5. The van der Waals surface area contributed by atoms with Crippen molar-refractivity contribution >= 4 is 12.3 Å². The summed E-state index contributed by atoms with van der Waals surface area (Å²) in [7, 11) is 0. The van der Waals surface area contributed by atoms with Crippen LogP contribution in [0, 0.1) is 0 Å². The Kier molecular flexibility index (Phi) is 5.32. The highest BCUT2D eigenvalue weighted by molar-refractivity contribution is 5.75. The van der Waals surface area contributed by atoms with Gasteiger partial charge in [0, 0.05) is 12.0 Å². The zero-order valence-electron chi connectivity index (χ0n) is 10.1. The Morgan fingerprint density at radius 3 is 2.78 bits per heavy atom. The molecule has 0 fully saturated rings. The monoisotopic (exact) mass is 252 g/mol. The van der Waals surface area contributed by atoms with Gasteiger partial charge in [0.2, 0.25) is 0 Å². The molecule has 5 heteroatoms. The maximum Gasteiger partial charge on any atom is 0.337 e. The predicted molar refractivity (Wildman–Crippen MR) is 64.6 cm³/mol. The van der Waals surface area contributed by atoms with Crippen molar-refractivity contribution in [3.63, 3.8) is 0 Å². The molecule has 0 aromatic heterocycles. The minimum absolute atomic E-state index is 0.221. The van der Waals surface area contributed by atoms with Crippen molar-refractivity contribution in [1.82, 2.24) is 0 Å². The molecule has 5 nitrogen and oxygen atoms in total. The molecule has 0 saturated heterocycles. The molecule has 0 spiro atoms. The summed E-state index contributed by atoms with van der Waals surface area (Å²) < 4.78 is 5.32. The predicted octanol–water partition coefficient (Wildman–Crippen LogP) is 1.33. The second-order valence-electron chi connectivity index (χ2n) is 3.75. The normalized spacial score (nSPS) is 11.9. The third-order valence-corrected chi connectivity index (χ3v) is 2.46. The number of carboxylic acids is 1. The molecule has 1 atom stereocenters. The Bertz CT molecular complexity index is 427. The van der Waals surface area contributed by atoms with Gasteiger partial charge in [-0.15, -0.1) is 0 Å². The van der Waals surface area contributed by atoms with Crippen molar-refractivity contribution in [2.75, 3.05) is 6.61 Å². The summed E-state index contributed by atoms with van der Waals surface area (Å²) in [6.45, 7) is 2.14. The summed E-state index contributed by atoms with van der Waals surface area (Å²) in [4.78, 5) is 21.1. The van der Waals surface area contributed by atoms with Crippen LogP contribution in [0.25, 0.3) is 0 Å². The lowest BCUT2D eigenvalue weighted by molar-refractivity contribution is -0.147. The van der Waals surface area contributed by atoms with Gasteiger partial charge in [0.15, 0.2) is 6.10 Å². The van der Waals surface area contributed by atoms with Crippen LogP contribution in [0.2, 0.25) is 0 Å². The zero-order chi connectivity index (χ0) is 13.5. The van der Waals surface area contributed by atoms with Gasteiger partial charge < -0.3 is 19.7 Å². The molecule has 1 unspecified atom stereocenters. The molecule has 98 valence electrons. The molecule has 0 aliphatic rings. The van der Waals surface area contributed by atoms with Crippen molar-refractivity contribution in [2.45, 2.75) is 25.9 Å². The van der Waals surface area contributed by atoms with E-state index in [0.29, 0.717) is 25.2 Å². The number of aryl methyl sites for hydroxylation is 1. The molecule has 0 heterocycles. The van der Waals surface area contributed by atoms with Crippen LogP contribution < -0.4 is 4.74 Å². The Labute approximate surface area is 105 Å². The number of carboxylic acid groups (broad SMARTS) is 1. The van der Waals surface area contributed by atoms with E-state index in [1.165, 1.54) is 6.07 Å². The second kappa shape index (κ2) is 6.76. The first-order chi connectivity index (χ1) is 8.60. The van der Waals surface area contributed by atoms with Crippen LogP contribution >= 0.6 is 0 Å². The largest absolute Gasteiger partial charge is 0.493 e. The lowest BCUT2D eigenvalue weighted by atomic mass is 10.0. The van der Waals surface area contributed by atoms with Gasteiger partial charge in [-0.3, -0.25) is 0 Å². The molecule has 0 saturated carbocycles. The fourth-order valence-corrected chi connectivity index (χ4v) is 1.60. The SMILES string of the molecule is CCOc1cc(CCC=O)ccc1C(O)C(=O)O. The molecule has 1 aromatic carbocycles. The lowest BCUT2D eigenvalue weighted by Crippen LogP contribution is -2.12. The topological polar surface area (TPSA) is 83.8 Å². The summed E-state index contributed by atoms with van der Waals surface area (Å²) in [5.41, 5.74) is 1.09. The van der Waals surface area contributed by atoms with E-state index in [1.54, 1.807) is 19.1 Å². The second-order valence-corrected chi connectivity index (χ2v) is 3.75. The van der Waals surface area contributed by atoms with Gasteiger partial charge in [0.25, 0.3) is 0 Å². The molecule has 0 aliphatic heterocycles. The molecule has 0 amide bonds. The number of hydrogen-bond acceptors (Lipinski definition) is 4. The minimum Gasteiger partial charge on any atom is -0.493 e. The van der Waals surface area contributed by atoms with Crippen LogP contribution in [0.1, 0.15) is 30.6 Å². The molecule has 18 heavy (non-hydrogen) atoms. The van der Waals surface area contributed by atoms with Gasteiger partial charge in [-0.05, 0) is 25.0 Å². The Balaban J connectivity index is 3.03. The van der Waals surface area contributed by atoms with Crippen molar-refractivity contribution in [3.8, 4) is 5.75 Å². The maximum absolute atomic E-state index is 10.8. The average Bonchev–Trinajstić information content (AvgIpc) is 2.36. The molecule has 1 rings (SSSR count). The van der Waals surface area contributed by atoms with Gasteiger partial charge in [-0.1, -0.05) is 12.1 Å². The molecule has 0 radical (unpaired) electrons. The van der Waals surface area contributed by atoms with E-state index in [-0.39, 0.29) is 5.56 Å². The van der Waals surface area contributed by atoms with E-state index >= 15 is 0 Å². The molecule has 2 N–H and O–H groups in total. The standard InChI is InChI=1S/C13H16O5/c1-2-18-11-8-9(4-3-7-14)5-6-10(11)12(15)13(16)17/h5-8,12,15H,2-4H2,1H3,(H,16,17). The van der Waals surface area contributed by atoms with Crippen LogP contribution in [0.5, 0.6) is 5.75 Å². The molecule has 1 aromatic rings. The van der Waals surface area contributed by atoms with Crippen LogP contribution in [-0.4, -0.2) is 29.1 Å². The minimum atomic E-state index is -1.60. The van der Waals surface area contributed by atoms with Crippen LogP contribution in [0.15, 0.2) is 18.2 Å². The fourth-order valence-electron chi connectivity index (χ4n) is 1.60. The quantitative estimate of drug-likeness (QED) is 0.715. The van der Waals surface area contributed by atoms with E-state index in [9.17, 15) is 14.7 Å². The third-order valence-electron chi connectivity index (χ3n) is 2.46. The number of rotatable bonds is 7. The Morgan fingerprint density at radius 2 is 2.22 bits per heavy atom. The van der Waals surface area contributed by atoms with Crippen molar-refractivity contribution < 1.29 is 24.5 Å². The third kappa shape index (κ3) is 3.56. The number of aldehydes is 1. The highest BCUT2D eigenvalue weighted by Gasteiger charge is 2.20. The summed E-state index contributed by atoms with van der Waals surface area (Å²) in [5.74, 6) is -0.979. The zero-order valence-corrected chi connectivity index (χ0v) is 10.1. The van der Waals surface area contributed by atoms with Crippen LogP contribution in [0.3, 0.4) is 0 Å². The van der Waals surface area contributed by atoms with Crippen molar-refractivity contribution in [2.24, 2.45) is 0 Å². The van der Waals surface area contributed by atoms with Gasteiger partial charge in [0.05, 0.1) is 6.61 Å². The van der Waals surface area contributed by atoms with Gasteiger partial charge >= 0.3 is 5.97 Å². The first-order valence-corrected chi connectivity index (χ1v) is 5.70. The lowest BCUT2D eigenvalue weighted by Gasteiger charge is -2.14. The first-order valence-electron chi connectivity index (χ1n) is 5.70. The van der Waals surface area contributed by atoms with E-state index in [4.69, 9.17) is 9.84 Å². The smallest absolute Gasteiger partial charge is 0.337 e. The molecule has 0 bridgehead atoms. The van der Waals surface area contributed by atoms with E-state index in [0.717, 1.165) is 11.8 Å². The number of carbonyl (C=O) groups is 2. The first kappa shape index (κ1) is 14.2. The van der Waals surface area contributed by atoms with E-state index < -0.39 is 12.1 Å². The summed E-state index contributed by atoms with van der Waals surface area (Å²) in [5, 5.41) is 18.3. The van der Waals surface area contributed by atoms with E-state index in [1.807, 2.05) is 0 Å². The number of ether oxygens (including phenoxy) is 1. The number of aliphatic hydroxyl groups is 1. The fraction of sp³-hybridized carbons (Fsp3) is 0.385.